The van der Waals surface area contributed by atoms with E-state index in [0.29, 0.717) is 23.3 Å². The molecule has 4 heteroatoms. The lowest BCUT2D eigenvalue weighted by atomic mass is 10.00. The zero-order valence-electron chi connectivity index (χ0n) is 18.8. The molecule has 32 heavy (non-hydrogen) atoms. The van der Waals surface area contributed by atoms with E-state index in [0.717, 1.165) is 60.1 Å². The molecule has 0 bridgehead atoms. The van der Waals surface area contributed by atoms with Gasteiger partial charge in [-0.3, -0.25) is 9.59 Å². The van der Waals surface area contributed by atoms with Crippen molar-refractivity contribution < 1.29 is 19.1 Å². The third kappa shape index (κ3) is 3.87. The molecule has 3 aromatic carbocycles. The summed E-state index contributed by atoms with van der Waals surface area (Å²) in [5.74, 6) is 1.82. The molecule has 0 aromatic heterocycles. The maximum atomic E-state index is 13.0. The summed E-state index contributed by atoms with van der Waals surface area (Å²) in [6, 6.07) is 15.5. The van der Waals surface area contributed by atoms with Crippen LogP contribution in [0.1, 0.15) is 52.4 Å². The van der Waals surface area contributed by atoms with Crippen LogP contribution in [0.15, 0.2) is 48.5 Å². The van der Waals surface area contributed by atoms with Crippen molar-refractivity contribution in [1.82, 2.24) is 0 Å². The zero-order valence-corrected chi connectivity index (χ0v) is 18.8. The normalized spacial score (nSPS) is 25.3. The first-order valence-corrected chi connectivity index (χ1v) is 11.9. The van der Waals surface area contributed by atoms with Gasteiger partial charge in [0.1, 0.15) is 11.5 Å². The van der Waals surface area contributed by atoms with Crippen molar-refractivity contribution in [2.24, 2.45) is 23.7 Å². The SMILES string of the molecule is CC1CCC(C(=O)Oc2c3ccccc3c(OC(=O)C3CCC(C)C3)c3ccccc23)C1. The number of benzene rings is 3. The molecule has 4 atom stereocenters. The van der Waals surface area contributed by atoms with Crippen molar-refractivity contribution in [1.29, 1.82) is 0 Å². The van der Waals surface area contributed by atoms with Crippen LogP contribution in [0.2, 0.25) is 0 Å². The molecule has 2 aliphatic carbocycles. The van der Waals surface area contributed by atoms with Crippen LogP contribution in [0, 0.1) is 23.7 Å². The average Bonchev–Trinajstić information content (AvgIpc) is 3.44. The van der Waals surface area contributed by atoms with E-state index in [1.54, 1.807) is 0 Å². The highest BCUT2D eigenvalue weighted by atomic mass is 16.5. The van der Waals surface area contributed by atoms with Gasteiger partial charge in [0.2, 0.25) is 0 Å². The fourth-order valence-corrected chi connectivity index (χ4v) is 5.48. The summed E-state index contributed by atoms with van der Waals surface area (Å²) in [7, 11) is 0. The Bertz CT molecular complexity index is 1030. The Balaban J connectivity index is 1.57. The molecule has 2 fully saturated rings. The largest absolute Gasteiger partial charge is 0.425 e. The number of esters is 2. The highest BCUT2D eigenvalue weighted by Gasteiger charge is 2.32. The van der Waals surface area contributed by atoms with E-state index in [1.165, 1.54) is 0 Å². The first-order valence-electron chi connectivity index (χ1n) is 11.9. The number of hydrogen-bond donors (Lipinski definition) is 0. The number of carbonyl (C=O) groups excluding carboxylic acids is 2. The predicted molar refractivity (Wildman–Crippen MR) is 126 cm³/mol. The van der Waals surface area contributed by atoms with Gasteiger partial charge < -0.3 is 9.47 Å². The molecule has 0 spiro atoms. The van der Waals surface area contributed by atoms with Gasteiger partial charge >= 0.3 is 11.9 Å². The van der Waals surface area contributed by atoms with Gasteiger partial charge in [0.05, 0.1) is 11.8 Å². The van der Waals surface area contributed by atoms with Gasteiger partial charge in [-0.1, -0.05) is 62.4 Å². The molecule has 0 amide bonds. The Morgan fingerprint density at radius 1 is 0.625 bits per heavy atom. The van der Waals surface area contributed by atoms with Crippen LogP contribution < -0.4 is 9.47 Å². The van der Waals surface area contributed by atoms with Crippen LogP contribution in [0.5, 0.6) is 11.5 Å². The number of hydrogen-bond acceptors (Lipinski definition) is 4. The summed E-state index contributed by atoms with van der Waals surface area (Å²) in [5.41, 5.74) is 0. The summed E-state index contributed by atoms with van der Waals surface area (Å²) in [4.78, 5) is 26.0. The molecule has 0 N–H and O–H groups in total. The molecular weight excluding hydrogens is 400 g/mol. The van der Waals surface area contributed by atoms with E-state index < -0.39 is 0 Å². The summed E-state index contributed by atoms with van der Waals surface area (Å²) < 4.78 is 12.1. The lowest BCUT2D eigenvalue weighted by Gasteiger charge is -2.18. The monoisotopic (exact) mass is 430 g/mol. The van der Waals surface area contributed by atoms with Gasteiger partial charge in [0.15, 0.2) is 0 Å². The maximum absolute atomic E-state index is 13.0. The van der Waals surface area contributed by atoms with Crippen molar-refractivity contribution in [2.45, 2.75) is 52.4 Å². The molecule has 2 aliphatic rings. The molecular formula is C28H30O4. The lowest BCUT2D eigenvalue weighted by molar-refractivity contribution is -0.139. The molecule has 0 radical (unpaired) electrons. The third-order valence-corrected chi connectivity index (χ3v) is 7.29. The number of ether oxygens (including phenoxy) is 2. The van der Waals surface area contributed by atoms with Gasteiger partial charge in [-0.05, 0) is 50.4 Å². The second kappa shape index (κ2) is 8.57. The lowest BCUT2D eigenvalue weighted by Crippen LogP contribution is -2.19. The molecule has 0 heterocycles. The average molecular weight is 431 g/mol. The van der Waals surface area contributed by atoms with Crippen LogP contribution >= 0.6 is 0 Å². The predicted octanol–water partition coefficient (Wildman–Crippen LogP) is 6.68. The number of carbonyl (C=O) groups is 2. The Morgan fingerprint density at radius 2 is 0.969 bits per heavy atom. The van der Waals surface area contributed by atoms with Gasteiger partial charge in [-0.2, -0.15) is 0 Å². The summed E-state index contributed by atoms with van der Waals surface area (Å²) in [6.07, 6.45) is 5.65. The Morgan fingerprint density at radius 3 is 1.25 bits per heavy atom. The van der Waals surface area contributed by atoms with Gasteiger partial charge in [-0.15, -0.1) is 0 Å². The zero-order chi connectivity index (χ0) is 22.2. The fourth-order valence-electron chi connectivity index (χ4n) is 5.48. The smallest absolute Gasteiger partial charge is 0.314 e. The van der Waals surface area contributed by atoms with Gasteiger partial charge in [-0.25, -0.2) is 0 Å². The molecule has 4 unspecified atom stereocenters. The van der Waals surface area contributed by atoms with E-state index in [4.69, 9.17) is 9.47 Å². The second-order valence-corrected chi connectivity index (χ2v) is 9.82. The van der Waals surface area contributed by atoms with E-state index in [-0.39, 0.29) is 23.8 Å². The van der Waals surface area contributed by atoms with Crippen molar-refractivity contribution in [3.63, 3.8) is 0 Å². The number of rotatable bonds is 4. The first-order chi connectivity index (χ1) is 15.5. The first kappa shape index (κ1) is 21.0. The maximum Gasteiger partial charge on any atom is 0.314 e. The molecule has 0 saturated heterocycles. The van der Waals surface area contributed by atoms with Gasteiger partial charge in [0, 0.05) is 21.5 Å². The minimum absolute atomic E-state index is 0.0515. The van der Waals surface area contributed by atoms with Crippen molar-refractivity contribution in [3.8, 4) is 11.5 Å². The molecule has 5 rings (SSSR count). The quantitative estimate of drug-likeness (QED) is 0.263. The van der Waals surface area contributed by atoms with Crippen molar-refractivity contribution >= 4 is 33.5 Å². The summed E-state index contributed by atoms with van der Waals surface area (Å²) in [5, 5.41) is 3.20. The molecule has 166 valence electrons. The van der Waals surface area contributed by atoms with E-state index in [9.17, 15) is 9.59 Å². The molecule has 0 aliphatic heterocycles. The van der Waals surface area contributed by atoms with Crippen LogP contribution in [-0.4, -0.2) is 11.9 Å². The topological polar surface area (TPSA) is 52.6 Å². The highest BCUT2D eigenvalue weighted by Crippen LogP contribution is 2.44. The minimum atomic E-state index is -0.158. The Hall–Kier alpha value is -2.88. The Labute approximate surface area is 188 Å². The van der Waals surface area contributed by atoms with E-state index >= 15 is 0 Å². The molecule has 4 nitrogen and oxygen atoms in total. The van der Waals surface area contributed by atoms with Crippen molar-refractivity contribution in [2.75, 3.05) is 0 Å². The third-order valence-electron chi connectivity index (χ3n) is 7.29. The van der Waals surface area contributed by atoms with Crippen LogP contribution in [0.4, 0.5) is 0 Å². The van der Waals surface area contributed by atoms with Crippen LogP contribution in [0.25, 0.3) is 21.5 Å². The van der Waals surface area contributed by atoms with E-state index in [1.807, 2.05) is 48.5 Å². The summed E-state index contributed by atoms with van der Waals surface area (Å²) >= 11 is 0. The van der Waals surface area contributed by atoms with Crippen molar-refractivity contribution in [3.05, 3.63) is 48.5 Å². The number of fused-ring (bicyclic) bond motifs is 2. The standard InChI is InChI=1S/C28H30O4/c1-17-11-13-19(15-17)27(29)31-25-21-7-3-5-9-23(21)26(24-10-6-4-8-22(24)25)32-28(30)20-14-12-18(2)16-20/h3-10,17-20H,11-16H2,1-2H3. The highest BCUT2D eigenvalue weighted by molar-refractivity contribution is 6.12. The van der Waals surface area contributed by atoms with Gasteiger partial charge in [0.25, 0.3) is 0 Å². The Kier molecular flexibility index (Phi) is 5.62. The fraction of sp³-hybridized carbons (Fsp3) is 0.429. The van der Waals surface area contributed by atoms with Crippen LogP contribution in [0.3, 0.4) is 0 Å². The molecule has 2 saturated carbocycles. The molecule has 3 aromatic rings. The van der Waals surface area contributed by atoms with E-state index in [2.05, 4.69) is 13.8 Å². The minimum Gasteiger partial charge on any atom is -0.425 e. The second-order valence-electron chi connectivity index (χ2n) is 9.82. The van der Waals surface area contributed by atoms with Crippen LogP contribution in [-0.2, 0) is 9.59 Å². The summed E-state index contributed by atoms with van der Waals surface area (Å²) in [6.45, 7) is 4.37.